The maximum absolute atomic E-state index is 13.1. The average Bonchev–Trinajstić information content (AvgIpc) is 0.899. The lowest BCUT2D eigenvalue weighted by Crippen LogP contribution is -2.30. The van der Waals surface area contributed by atoms with Gasteiger partial charge in [0.15, 0.2) is 6.10 Å². The molecule has 0 amide bonds. The number of allylic oxidation sites excluding steroid dienone is 34. The highest BCUT2D eigenvalue weighted by atomic mass is 31.2. The number of rotatable bonds is 90. The molecule has 0 bridgehead atoms. The Hall–Kier alpha value is -5.87. The van der Waals surface area contributed by atoms with E-state index in [1.54, 1.807) is 0 Å². The SMILES string of the molecule is CC/C=C\C/C=C\C/C=C\C/C=C\C/C=C\C/C=C\CCCCCCCCCCCCCCCCCCC(=O)OCC(O)COP(=O)(O)OCC(O)COP(=O)(O)OCC(COC(=O)CCCCCCCCCCCCCCCC/C=C\C/C=C\C/C=C\C/C=C\C/C=C\C/C=C\CC)OC(=O)CCCCC/C=C\C/C=C\C/C=C\C/C=C\C/C=C\CC. The van der Waals surface area contributed by atoms with Gasteiger partial charge >= 0.3 is 33.6 Å². The second-order valence-electron chi connectivity index (χ2n) is 31.7. The number of carbonyl (C=O) groups is 3. The van der Waals surface area contributed by atoms with Crippen molar-refractivity contribution >= 4 is 33.6 Å². The summed E-state index contributed by atoms with van der Waals surface area (Å²) in [5.74, 6) is -1.61. The summed E-state index contributed by atoms with van der Waals surface area (Å²) < 4.78 is 61.5. The van der Waals surface area contributed by atoms with Crippen molar-refractivity contribution < 1.29 is 75.8 Å². The first kappa shape index (κ1) is 117. The van der Waals surface area contributed by atoms with Gasteiger partial charge in [0.2, 0.25) is 0 Å². The van der Waals surface area contributed by atoms with Gasteiger partial charge in [0.1, 0.15) is 25.4 Å². The van der Waals surface area contributed by atoms with Gasteiger partial charge in [-0.1, -0.05) is 401 Å². The molecule has 123 heavy (non-hydrogen) atoms. The molecular weight excluding hydrogens is 1580 g/mol. The third-order valence-electron chi connectivity index (χ3n) is 20.0. The molecule has 0 fully saturated rings. The topological polar surface area (TPSA) is 231 Å². The largest absolute Gasteiger partial charge is 0.472 e. The zero-order valence-electron chi connectivity index (χ0n) is 77.3. The Morgan fingerprint density at radius 2 is 0.407 bits per heavy atom. The van der Waals surface area contributed by atoms with E-state index in [9.17, 15) is 43.5 Å². The van der Waals surface area contributed by atoms with E-state index in [2.05, 4.69) is 227 Å². The standard InChI is InChI=1S/C105H174O16P2/c1-4-7-10-13-16-19-22-25-28-31-34-36-38-40-42-44-46-48-49-51-53-54-56-58-60-62-65-67-70-73-76-79-82-85-88-91-103(108)115-94-100(106)95-117-122(111,112)118-96-101(107)97-119-123(113,114)120-99-102(121-105(110)93-90-87-84-81-78-75-72-69-64-33-30-27-24-21-18-15-12-9-6-3)98-116-104(109)92-89-86-83-80-77-74-71-68-66-63-61-59-57-55-52-50-47-45-43-41-39-37-35-32-29-26-23-20-17-14-11-8-5-2/h7-12,16-21,25-30,34-37,40-43,46-48,50,64,69,75,78,100-102,106-107H,4-6,13-15,22-24,31-33,38-39,44-45,49,51-63,65-68,70-74,76-77,79-99H2,1-3H3,(H,111,112)(H,113,114)/b10-7-,11-8-,12-9-,19-16-,20-17-,21-18-,28-25-,29-26-,30-27-,36-34-,37-35-,42-40-,43-41-,48-46-,50-47-,69-64-,78-75-. The summed E-state index contributed by atoms with van der Waals surface area (Å²) >= 11 is 0. The molecule has 0 aliphatic heterocycles. The van der Waals surface area contributed by atoms with E-state index < -0.39 is 91.5 Å². The van der Waals surface area contributed by atoms with Crippen molar-refractivity contribution in [3.8, 4) is 0 Å². The number of esters is 3. The molecule has 5 atom stereocenters. The van der Waals surface area contributed by atoms with Crippen molar-refractivity contribution in [2.75, 3.05) is 39.6 Å². The molecule has 0 heterocycles. The summed E-state index contributed by atoms with van der Waals surface area (Å²) in [4.78, 5) is 59.0. The first-order chi connectivity index (χ1) is 60.2. The van der Waals surface area contributed by atoms with E-state index >= 15 is 0 Å². The van der Waals surface area contributed by atoms with Gasteiger partial charge in [-0.15, -0.1) is 0 Å². The number of carbonyl (C=O) groups excluding carboxylic acids is 3. The van der Waals surface area contributed by atoms with Gasteiger partial charge in [0, 0.05) is 19.3 Å². The van der Waals surface area contributed by atoms with Crippen LogP contribution in [0, 0.1) is 0 Å². The van der Waals surface area contributed by atoms with Crippen LogP contribution in [0.5, 0.6) is 0 Å². The molecule has 0 aromatic rings. The molecule has 18 heteroatoms. The van der Waals surface area contributed by atoms with E-state index in [0.717, 1.165) is 180 Å². The Bertz CT molecular complexity index is 3070. The smallest absolute Gasteiger partial charge is 0.463 e. The van der Waals surface area contributed by atoms with Crippen LogP contribution >= 0.6 is 15.6 Å². The number of unbranched alkanes of at least 4 members (excludes halogenated alkanes) is 33. The monoisotopic (exact) mass is 1750 g/mol. The van der Waals surface area contributed by atoms with Crippen molar-refractivity contribution in [1.82, 2.24) is 0 Å². The van der Waals surface area contributed by atoms with Crippen LogP contribution in [0.1, 0.15) is 380 Å². The minimum Gasteiger partial charge on any atom is -0.463 e. The first-order valence-corrected chi connectivity index (χ1v) is 51.4. The van der Waals surface area contributed by atoms with Gasteiger partial charge in [0.25, 0.3) is 0 Å². The molecule has 0 saturated carbocycles. The normalized spacial score (nSPS) is 14.6. The highest BCUT2D eigenvalue weighted by molar-refractivity contribution is 7.47. The molecule has 4 N–H and O–H groups in total. The fourth-order valence-corrected chi connectivity index (χ4v) is 14.4. The number of aliphatic hydroxyl groups is 2. The van der Waals surface area contributed by atoms with Gasteiger partial charge in [-0.05, 0) is 167 Å². The highest BCUT2D eigenvalue weighted by Gasteiger charge is 2.30. The Labute approximate surface area is 750 Å². The van der Waals surface area contributed by atoms with Gasteiger partial charge in [-0.2, -0.15) is 0 Å². The van der Waals surface area contributed by atoms with E-state index in [-0.39, 0.29) is 19.3 Å². The highest BCUT2D eigenvalue weighted by Crippen LogP contribution is 2.45. The molecule has 0 aliphatic rings. The fourth-order valence-electron chi connectivity index (χ4n) is 12.8. The van der Waals surface area contributed by atoms with Crippen LogP contribution in [-0.4, -0.2) is 95.9 Å². The van der Waals surface area contributed by atoms with Crippen molar-refractivity contribution in [1.29, 1.82) is 0 Å². The lowest BCUT2D eigenvalue weighted by atomic mass is 10.0. The number of ether oxygens (including phenoxy) is 3. The van der Waals surface area contributed by atoms with Crippen molar-refractivity contribution in [3.63, 3.8) is 0 Å². The van der Waals surface area contributed by atoms with E-state index in [4.69, 9.17) is 32.3 Å². The summed E-state index contributed by atoms with van der Waals surface area (Å²) in [6.07, 6.45) is 129. The maximum Gasteiger partial charge on any atom is 0.472 e. The summed E-state index contributed by atoms with van der Waals surface area (Å²) in [5, 5.41) is 20.8. The molecule has 0 aromatic heterocycles. The lowest BCUT2D eigenvalue weighted by molar-refractivity contribution is -0.161. The predicted molar refractivity (Wildman–Crippen MR) is 518 cm³/mol. The van der Waals surface area contributed by atoms with Crippen molar-refractivity contribution in [2.24, 2.45) is 0 Å². The second-order valence-corrected chi connectivity index (χ2v) is 34.6. The van der Waals surface area contributed by atoms with Gasteiger partial charge in [-0.3, -0.25) is 32.5 Å². The molecule has 16 nitrogen and oxygen atoms in total. The number of hydrogen-bond acceptors (Lipinski definition) is 14. The molecule has 700 valence electrons. The lowest BCUT2D eigenvalue weighted by Gasteiger charge is -2.21. The minimum absolute atomic E-state index is 0.0601. The van der Waals surface area contributed by atoms with Crippen LogP contribution in [0.2, 0.25) is 0 Å². The molecule has 0 rings (SSSR count). The Morgan fingerprint density at radius 1 is 0.228 bits per heavy atom. The zero-order chi connectivity index (χ0) is 89.3. The summed E-state index contributed by atoms with van der Waals surface area (Å²) in [5.41, 5.74) is 0. The molecule has 0 spiro atoms. The van der Waals surface area contributed by atoms with Crippen LogP contribution in [0.4, 0.5) is 0 Å². The number of phosphoric ester groups is 2. The molecule has 0 aliphatic carbocycles. The Kier molecular flexibility index (Phi) is 90.7. The summed E-state index contributed by atoms with van der Waals surface area (Å²) in [6.45, 7) is 2.33. The maximum atomic E-state index is 13.1. The number of phosphoric acid groups is 2. The van der Waals surface area contributed by atoms with E-state index in [0.29, 0.717) is 19.3 Å². The molecular formula is C105H174O16P2. The molecule has 0 aromatic carbocycles. The summed E-state index contributed by atoms with van der Waals surface area (Å²) in [7, 11) is -9.83. The van der Waals surface area contributed by atoms with E-state index in [1.165, 1.54) is 141 Å². The fraction of sp³-hybridized carbons (Fsp3) is 0.648. The van der Waals surface area contributed by atoms with E-state index in [1.807, 2.05) is 0 Å². The summed E-state index contributed by atoms with van der Waals surface area (Å²) in [6, 6.07) is 0. The van der Waals surface area contributed by atoms with Crippen LogP contribution in [0.25, 0.3) is 0 Å². The quantitative estimate of drug-likeness (QED) is 0.0146. The Morgan fingerprint density at radius 3 is 0.650 bits per heavy atom. The number of aliphatic hydroxyl groups excluding tert-OH is 2. The van der Waals surface area contributed by atoms with Gasteiger partial charge < -0.3 is 34.2 Å². The van der Waals surface area contributed by atoms with Gasteiger partial charge in [-0.25, -0.2) is 9.13 Å². The third-order valence-corrected chi connectivity index (χ3v) is 21.9. The minimum atomic E-state index is -4.96. The zero-order valence-corrected chi connectivity index (χ0v) is 79.1. The van der Waals surface area contributed by atoms with Crippen LogP contribution in [0.15, 0.2) is 207 Å². The first-order valence-electron chi connectivity index (χ1n) is 48.4. The van der Waals surface area contributed by atoms with Crippen molar-refractivity contribution in [3.05, 3.63) is 207 Å². The Balaban J connectivity index is 4.53. The molecule has 5 unspecified atom stereocenters. The van der Waals surface area contributed by atoms with Gasteiger partial charge in [0.05, 0.1) is 26.4 Å². The predicted octanol–water partition coefficient (Wildman–Crippen LogP) is 30.3. The third kappa shape index (κ3) is 96.6. The average molecular weight is 1750 g/mol. The molecule has 0 radical (unpaired) electrons. The number of hydrogen-bond donors (Lipinski definition) is 4. The van der Waals surface area contributed by atoms with Crippen LogP contribution < -0.4 is 0 Å². The van der Waals surface area contributed by atoms with Crippen molar-refractivity contribution in [2.45, 2.75) is 399 Å². The van der Waals surface area contributed by atoms with Crippen LogP contribution in [0.3, 0.4) is 0 Å². The second kappa shape index (κ2) is 95.2. The molecule has 0 saturated heterocycles. The van der Waals surface area contributed by atoms with Crippen LogP contribution in [-0.2, 0) is 55.8 Å².